The summed E-state index contributed by atoms with van der Waals surface area (Å²) in [7, 11) is 0. The van der Waals surface area contributed by atoms with Crippen molar-refractivity contribution in [1.82, 2.24) is 9.97 Å². The second-order valence-corrected chi connectivity index (χ2v) is 7.32. The summed E-state index contributed by atoms with van der Waals surface area (Å²) in [4.78, 5) is 13.7. The highest BCUT2D eigenvalue weighted by Gasteiger charge is 2.18. The number of benzene rings is 1. The minimum absolute atomic E-state index is 0.734. The van der Waals surface area contributed by atoms with Crippen molar-refractivity contribution >= 4 is 23.0 Å². The molecule has 0 bridgehead atoms. The van der Waals surface area contributed by atoms with Gasteiger partial charge in [-0.05, 0) is 55.9 Å². The standard InChI is InChI=1S/C20H27N5/c1-16-5-4-12-25(14-16)20-13-19(21-15-22-20)23-17-6-8-18(9-7-17)24-10-2-3-11-24/h6-9,13,15-16H,2-5,10-12,14H2,1H3,(H,21,22,23). The van der Waals surface area contributed by atoms with Gasteiger partial charge in [0.1, 0.15) is 18.0 Å². The van der Waals surface area contributed by atoms with Crippen LogP contribution in [0, 0.1) is 5.92 Å². The van der Waals surface area contributed by atoms with Crippen LogP contribution in [0.2, 0.25) is 0 Å². The lowest BCUT2D eigenvalue weighted by atomic mass is 10.0. The molecule has 0 aliphatic carbocycles. The monoisotopic (exact) mass is 337 g/mol. The third-order valence-corrected chi connectivity index (χ3v) is 5.24. The highest BCUT2D eigenvalue weighted by atomic mass is 15.2. The smallest absolute Gasteiger partial charge is 0.135 e. The molecule has 2 aromatic rings. The van der Waals surface area contributed by atoms with E-state index in [2.05, 4.69) is 62.3 Å². The number of hydrogen-bond donors (Lipinski definition) is 1. The molecule has 132 valence electrons. The normalized spacial score (nSPS) is 20.8. The summed E-state index contributed by atoms with van der Waals surface area (Å²) in [6.45, 7) is 6.84. The Morgan fingerprint density at radius 2 is 1.72 bits per heavy atom. The van der Waals surface area contributed by atoms with Crippen molar-refractivity contribution in [2.75, 3.05) is 41.3 Å². The van der Waals surface area contributed by atoms with Gasteiger partial charge in [-0.3, -0.25) is 0 Å². The Balaban J connectivity index is 1.44. The van der Waals surface area contributed by atoms with Crippen molar-refractivity contribution in [3.05, 3.63) is 36.7 Å². The van der Waals surface area contributed by atoms with E-state index in [9.17, 15) is 0 Å². The Morgan fingerprint density at radius 1 is 0.960 bits per heavy atom. The van der Waals surface area contributed by atoms with Crippen molar-refractivity contribution in [3.63, 3.8) is 0 Å². The average molecular weight is 337 g/mol. The van der Waals surface area contributed by atoms with E-state index in [0.717, 1.165) is 36.3 Å². The Kier molecular flexibility index (Phi) is 4.72. The summed E-state index contributed by atoms with van der Waals surface area (Å²) in [6, 6.07) is 10.7. The fourth-order valence-electron chi connectivity index (χ4n) is 3.86. The Morgan fingerprint density at radius 3 is 2.48 bits per heavy atom. The molecule has 0 amide bonds. The van der Waals surface area contributed by atoms with Gasteiger partial charge in [-0.2, -0.15) is 0 Å². The Labute approximate surface area is 150 Å². The maximum atomic E-state index is 4.47. The molecule has 0 spiro atoms. The molecular formula is C20H27N5. The van der Waals surface area contributed by atoms with E-state index in [4.69, 9.17) is 0 Å². The molecule has 3 heterocycles. The summed E-state index contributed by atoms with van der Waals surface area (Å²) in [6.07, 6.45) is 6.83. The summed E-state index contributed by atoms with van der Waals surface area (Å²) in [5, 5.41) is 3.42. The average Bonchev–Trinajstić information content (AvgIpc) is 3.17. The van der Waals surface area contributed by atoms with Crippen molar-refractivity contribution < 1.29 is 0 Å². The first-order valence-electron chi connectivity index (χ1n) is 9.47. The second kappa shape index (κ2) is 7.30. The zero-order chi connectivity index (χ0) is 17.1. The Hall–Kier alpha value is -2.30. The van der Waals surface area contributed by atoms with Crippen LogP contribution in [0.5, 0.6) is 0 Å². The maximum Gasteiger partial charge on any atom is 0.135 e. The van der Waals surface area contributed by atoms with Crippen molar-refractivity contribution in [1.29, 1.82) is 0 Å². The molecule has 0 radical (unpaired) electrons. The molecule has 5 nitrogen and oxygen atoms in total. The van der Waals surface area contributed by atoms with E-state index >= 15 is 0 Å². The minimum Gasteiger partial charge on any atom is -0.372 e. The number of nitrogens with one attached hydrogen (secondary N) is 1. The van der Waals surface area contributed by atoms with Crippen LogP contribution in [-0.4, -0.2) is 36.1 Å². The molecule has 1 atom stereocenters. The third kappa shape index (κ3) is 3.86. The highest BCUT2D eigenvalue weighted by Crippen LogP contribution is 2.25. The molecular weight excluding hydrogens is 310 g/mol. The summed E-state index contributed by atoms with van der Waals surface area (Å²) in [5.74, 6) is 2.62. The highest BCUT2D eigenvalue weighted by molar-refractivity contribution is 5.62. The number of hydrogen-bond acceptors (Lipinski definition) is 5. The molecule has 1 aromatic heterocycles. The van der Waals surface area contributed by atoms with Crippen molar-refractivity contribution in [2.24, 2.45) is 5.92 Å². The number of aromatic nitrogens is 2. The van der Waals surface area contributed by atoms with Gasteiger partial charge < -0.3 is 15.1 Å². The lowest BCUT2D eigenvalue weighted by Gasteiger charge is -2.31. The van der Waals surface area contributed by atoms with E-state index in [1.54, 1.807) is 6.33 Å². The van der Waals surface area contributed by atoms with E-state index in [1.165, 1.54) is 44.5 Å². The summed E-state index contributed by atoms with van der Waals surface area (Å²) >= 11 is 0. The second-order valence-electron chi connectivity index (χ2n) is 7.32. The third-order valence-electron chi connectivity index (χ3n) is 5.24. The molecule has 4 rings (SSSR count). The molecule has 2 saturated heterocycles. The topological polar surface area (TPSA) is 44.3 Å². The van der Waals surface area contributed by atoms with Crippen LogP contribution < -0.4 is 15.1 Å². The fourth-order valence-corrected chi connectivity index (χ4v) is 3.86. The molecule has 2 aliphatic heterocycles. The van der Waals surface area contributed by atoms with Crippen LogP contribution in [0.25, 0.3) is 0 Å². The van der Waals surface area contributed by atoms with Gasteiger partial charge >= 0.3 is 0 Å². The number of rotatable bonds is 4. The van der Waals surface area contributed by atoms with Gasteiger partial charge in [0.05, 0.1) is 0 Å². The fraction of sp³-hybridized carbons (Fsp3) is 0.500. The van der Waals surface area contributed by atoms with E-state index in [1.807, 2.05) is 0 Å². The van der Waals surface area contributed by atoms with Gasteiger partial charge in [0.2, 0.25) is 0 Å². The van der Waals surface area contributed by atoms with E-state index in [-0.39, 0.29) is 0 Å². The first kappa shape index (κ1) is 16.2. The first-order chi connectivity index (χ1) is 12.3. The van der Waals surface area contributed by atoms with Gasteiger partial charge in [0, 0.05) is 43.6 Å². The molecule has 2 aliphatic rings. The molecule has 0 saturated carbocycles. The molecule has 25 heavy (non-hydrogen) atoms. The molecule has 1 unspecified atom stereocenters. The van der Waals surface area contributed by atoms with E-state index < -0.39 is 0 Å². The number of anilines is 4. The molecule has 1 N–H and O–H groups in total. The zero-order valence-corrected chi connectivity index (χ0v) is 15.0. The molecule has 2 fully saturated rings. The first-order valence-corrected chi connectivity index (χ1v) is 9.47. The van der Waals surface area contributed by atoms with Crippen LogP contribution in [0.4, 0.5) is 23.0 Å². The summed E-state index contributed by atoms with van der Waals surface area (Å²) < 4.78 is 0. The molecule has 1 aromatic carbocycles. The van der Waals surface area contributed by atoms with Gasteiger partial charge in [-0.25, -0.2) is 9.97 Å². The molecule has 5 heteroatoms. The van der Waals surface area contributed by atoms with Crippen LogP contribution in [-0.2, 0) is 0 Å². The minimum atomic E-state index is 0.734. The predicted molar refractivity (Wildman–Crippen MR) is 104 cm³/mol. The SMILES string of the molecule is CC1CCCN(c2cc(Nc3ccc(N4CCCC4)cc3)ncn2)C1. The quantitative estimate of drug-likeness (QED) is 0.911. The van der Waals surface area contributed by atoms with E-state index in [0.29, 0.717) is 0 Å². The van der Waals surface area contributed by atoms with Crippen LogP contribution >= 0.6 is 0 Å². The van der Waals surface area contributed by atoms with Crippen LogP contribution in [0.3, 0.4) is 0 Å². The lowest BCUT2D eigenvalue weighted by Crippen LogP contribution is -2.34. The van der Waals surface area contributed by atoms with Crippen molar-refractivity contribution in [2.45, 2.75) is 32.6 Å². The zero-order valence-electron chi connectivity index (χ0n) is 15.0. The lowest BCUT2D eigenvalue weighted by molar-refractivity contribution is 0.444. The van der Waals surface area contributed by atoms with Gasteiger partial charge in [-0.1, -0.05) is 6.92 Å². The largest absolute Gasteiger partial charge is 0.372 e. The predicted octanol–water partition coefficient (Wildman–Crippen LogP) is 4.06. The Bertz CT molecular complexity index is 693. The van der Waals surface area contributed by atoms with Gasteiger partial charge in [-0.15, -0.1) is 0 Å². The summed E-state index contributed by atoms with van der Waals surface area (Å²) in [5.41, 5.74) is 2.38. The van der Waals surface area contributed by atoms with Crippen LogP contribution in [0.1, 0.15) is 32.6 Å². The number of piperidine rings is 1. The maximum absolute atomic E-state index is 4.47. The van der Waals surface area contributed by atoms with Gasteiger partial charge in [0.15, 0.2) is 0 Å². The number of nitrogens with zero attached hydrogens (tertiary/aromatic N) is 4. The van der Waals surface area contributed by atoms with Gasteiger partial charge in [0.25, 0.3) is 0 Å². The van der Waals surface area contributed by atoms with Crippen LogP contribution in [0.15, 0.2) is 36.7 Å². The van der Waals surface area contributed by atoms with Crippen molar-refractivity contribution in [3.8, 4) is 0 Å².